The number of alkyl halides is 6. The first-order valence-electron chi connectivity index (χ1n) is 4.89. The van der Waals surface area contributed by atoms with Gasteiger partial charge in [-0.15, -0.1) is 26.3 Å². The van der Waals surface area contributed by atoms with Crippen LogP contribution >= 0.6 is 0 Å². The van der Waals surface area contributed by atoms with Crippen LogP contribution in [-0.2, 0) is 0 Å². The predicted octanol–water partition coefficient (Wildman–Crippen LogP) is 3.50. The molecule has 1 atom stereocenters. The number of ether oxygens (including phenoxy) is 2. The second-order valence-corrected chi connectivity index (χ2v) is 3.59. The first-order valence-corrected chi connectivity index (χ1v) is 4.89. The zero-order valence-corrected chi connectivity index (χ0v) is 9.47. The van der Waals surface area contributed by atoms with E-state index in [0.717, 1.165) is 12.1 Å². The van der Waals surface area contributed by atoms with Crippen LogP contribution in [0.4, 0.5) is 26.3 Å². The van der Waals surface area contributed by atoms with Crippen LogP contribution in [0.1, 0.15) is 18.5 Å². The molecule has 0 spiro atoms. The Morgan fingerprint density at radius 2 is 1.42 bits per heavy atom. The van der Waals surface area contributed by atoms with E-state index >= 15 is 0 Å². The summed E-state index contributed by atoms with van der Waals surface area (Å²) in [5.74, 6) is -2.19. The lowest BCUT2D eigenvalue weighted by atomic mass is 10.1. The third-order valence-electron chi connectivity index (χ3n) is 1.94. The summed E-state index contributed by atoms with van der Waals surface area (Å²) in [6.45, 7) is 1.46. The minimum Gasteiger partial charge on any atom is -0.402 e. The molecule has 0 bridgehead atoms. The van der Waals surface area contributed by atoms with Crippen LogP contribution < -0.4 is 15.2 Å². The Labute approximate surface area is 103 Å². The first-order chi connectivity index (χ1) is 8.48. The van der Waals surface area contributed by atoms with Crippen molar-refractivity contribution in [3.8, 4) is 11.5 Å². The van der Waals surface area contributed by atoms with Gasteiger partial charge < -0.3 is 15.2 Å². The number of rotatable bonds is 3. The predicted molar refractivity (Wildman–Crippen MR) is 52.4 cm³/mol. The largest absolute Gasteiger partial charge is 0.573 e. The molecule has 0 saturated heterocycles. The zero-order valence-electron chi connectivity index (χ0n) is 9.47. The van der Waals surface area contributed by atoms with Crippen LogP contribution in [0.3, 0.4) is 0 Å². The molecular weight excluding hydrogens is 280 g/mol. The Bertz CT molecular complexity index is 441. The Hall–Kier alpha value is -1.64. The Balaban J connectivity index is 3.15. The van der Waals surface area contributed by atoms with E-state index in [4.69, 9.17) is 5.73 Å². The van der Waals surface area contributed by atoms with Gasteiger partial charge in [-0.05, 0) is 24.6 Å². The average molecular weight is 289 g/mol. The smallest absolute Gasteiger partial charge is 0.402 e. The van der Waals surface area contributed by atoms with Gasteiger partial charge in [0, 0.05) is 6.04 Å². The number of nitrogens with two attached hydrogens (primary N) is 1. The summed E-state index contributed by atoms with van der Waals surface area (Å²) in [7, 11) is 0. The fraction of sp³-hybridized carbons (Fsp3) is 0.400. The molecule has 0 heterocycles. The first kappa shape index (κ1) is 15.4. The Morgan fingerprint density at radius 1 is 0.947 bits per heavy atom. The Morgan fingerprint density at radius 3 is 1.84 bits per heavy atom. The van der Waals surface area contributed by atoms with Gasteiger partial charge in [-0.25, -0.2) is 0 Å². The van der Waals surface area contributed by atoms with Gasteiger partial charge in [-0.2, -0.15) is 0 Å². The van der Waals surface area contributed by atoms with Gasteiger partial charge in [-0.3, -0.25) is 0 Å². The maximum atomic E-state index is 12.1. The summed E-state index contributed by atoms with van der Waals surface area (Å²) < 4.78 is 79.3. The van der Waals surface area contributed by atoms with Crippen molar-refractivity contribution >= 4 is 0 Å². The van der Waals surface area contributed by atoms with Crippen molar-refractivity contribution in [2.24, 2.45) is 5.73 Å². The van der Waals surface area contributed by atoms with E-state index < -0.39 is 30.3 Å². The molecule has 0 saturated carbocycles. The van der Waals surface area contributed by atoms with Gasteiger partial charge in [0.05, 0.1) is 0 Å². The summed E-state index contributed by atoms with van der Waals surface area (Å²) in [6.07, 6.45) is -10.3. The molecule has 2 N–H and O–H groups in total. The van der Waals surface area contributed by atoms with Crippen molar-refractivity contribution in [2.75, 3.05) is 0 Å². The van der Waals surface area contributed by atoms with Gasteiger partial charge in [-0.1, -0.05) is 6.07 Å². The van der Waals surface area contributed by atoms with E-state index in [1.54, 1.807) is 0 Å². The third-order valence-corrected chi connectivity index (χ3v) is 1.94. The maximum absolute atomic E-state index is 12.1. The summed E-state index contributed by atoms with van der Waals surface area (Å²) in [6, 6.07) is 1.91. The van der Waals surface area contributed by atoms with E-state index in [1.165, 1.54) is 6.92 Å². The van der Waals surface area contributed by atoms with Crippen LogP contribution in [-0.4, -0.2) is 12.7 Å². The third kappa shape index (κ3) is 5.25. The van der Waals surface area contributed by atoms with Crippen molar-refractivity contribution in [2.45, 2.75) is 25.7 Å². The fourth-order valence-electron chi connectivity index (χ4n) is 1.22. The number of hydrogen-bond acceptors (Lipinski definition) is 3. The number of hydrogen-bond donors (Lipinski definition) is 1. The summed E-state index contributed by atoms with van der Waals surface area (Å²) in [5, 5.41) is 0. The minimum absolute atomic E-state index is 0.175. The quantitative estimate of drug-likeness (QED) is 0.866. The lowest BCUT2D eigenvalue weighted by Crippen LogP contribution is -2.21. The number of benzene rings is 1. The summed E-state index contributed by atoms with van der Waals surface area (Å²) >= 11 is 0. The van der Waals surface area contributed by atoms with E-state index in [1.807, 2.05) is 0 Å². The van der Waals surface area contributed by atoms with Crippen molar-refractivity contribution in [3.05, 3.63) is 23.8 Å². The fourth-order valence-corrected chi connectivity index (χ4v) is 1.22. The maximum Gasteiger partial charge on any atom is 0.573 e. The molecular formula is C10H9F6NO2. The van der Waals surface area contributed by atoms with E-state index in [-0.39, 0.29) is 5.56 Å². The second kappa shape index (κ2) is 5.16. The number of halogens is 6. The van der Waals surface area contributed by atoms with Crippen molar-refractivity contribution < 1.29 is 35.8 Å². The average Bonchev–Trinajstić information content (AvgIpc) is 2.15. The molecule has 108 valence electrons. The topological polar surface area (TPSA) is 44.5 Å². The highest BCUT2D eigenvalue weighted by atomic mass is 19.4. The van der Waals surface area contributed by atoms with Gasteiger partial charge in [0.1, 0.15) is 0 Å². The van der Waals surface area contributed by atoms with Gasteiger partial charge in [0.25, 0.3) is 0 Å². The van der Waals surface area contributed by atoms with Crippen LogP contribution in [0.25, 0.3) is 0 Å². The van der Waals surface area contributed by atoms with Gasteiger partial charge in [0.2, 0.25) is 0 Å². The SMILES string of the molecule is CC(N)c1ccc(OC(F)(F)F)c(OC(F)(F)F)c1. The van der Waals surface area contributed by atoms with Gasteiger partial charge >= 0.3 is 12.7 Å². The van der Waals surface area contributed by atoms with Gasteiger partial charge in [0.15, 0.2) is 11.5 Å². The summed E-state index contributed by atoms with van der Waals surface area (Å²) in [4.78, 5) is 0. The highest BCUT2D eigenvalue weighted by Crippen LogP contribution is 2.37. The molecule has 0 aliphatic rings. The van der Waals surface area contributed by atoms with Crippen molar-refractivity contribution in [1.82, 2.24) is 0 Å². The van der Waals surface area contributed by atoms with Crippen LogP contribution in [0.5, 0.6) is 11.5 Å². The van der Waals surface area contributed by atoms with E-state index in [0.29, 0.717) is 6.07 Å². The standard InChI is InChI=1S/C10H9F6NO2/c1-5(17)6-2-3-7(18-9(11,12)13)8(4-6)19-10(14,15)16/h2-5H,17H2,1H3. The zero-order chi connectivity index (χ0) is 14.8. The van der Waals surface area contributed by atoms with Crippen molar-refractivity contribution in [1.29, 1.82) is 0 Å². The van der Waals surface area contributed by atoms with Crippen LogP contribution in [0, 0.1) is 0 Å². The molecule has 0 fully saturated rings. The molecule has 0 amide bonds. The second-order valence-electron chi connectivity index (χ2n) is 3.59. The normalized spacial score (nSPS) is 14.1. The molecule has 19 heavy (non-hydrogen) atoms. The lowest BCUT2D eigenvalue weighted by Gasteiger charge is -2.17. The van der Waals surface area contributed by atoms with Crippen LogP contribution in [0.2, 0.25) is 0 Å². The molecule has 1 aromatic carbocycles. The van der Waals surface area contributed by atoms with E-state index in [9.17, 15) is 26.3 Å². The molecule has 0 radical (unpaired) electrons. The molecule has 1 rings (SSSR count). The highest BCUT2D eigenvalue weighted by Gasteiger charge is 2.36. The molecule has 9 heteroatoms. The monoisotopic (exact) mass is 289 g/mol. The molecule has 0 aliphatic heterocycles. The highest BCUT2D eigenvalue weighted by molar-refractivity contribution is 5.44. The molecule has 0 aromatic heterocycles. The molecule has 3 nitrogen and oxygen atoms in total. The minimum atomic E-state index is -5.14. The Kier molecular flexibility index (Phi) is 4.18. The molecule has 0 aliphatic carbocycles. The van der Waals surface area contributed by atoms with Crippen molar-refractivity contribution in [3.63, 3.8) is 0 Å². The molecule has 1 aromatic rings. The summed E-state index contributed by atoms with van der Waals surface area (Å²) in [5.41, 5.74) is 5.60. The molecule has 1 unspecified atom stereocenters. The van der Waals surface area contributed by atoms with E-state index in [2.05, 4.69) is 9.47 Å². The van der Waals surface area contributed by atoms with Crippen LogP contribution in [0.15, 0.2) is 18.2 Å². The lowest BCUT2D eigenvalue weighted by molar-refractivity contribution is -0.287.